The topological polar surface area (TPSA) is 152 Å². The first-order valence-electron chi connectivity index (χ1n) is 12.7. The van der Waals surface area contributed by atoms with Gasteiger partial charge < -0.3 is 25.4 Å². The van der Waals surface area contributed by atoms with E-state index in [0.717, 1.165) is 10.1 Å². The maximum atomic E-state index is 13.0. The smallest absolute Gasteiger partial charge is 0.330 e. The number of carbonyl (C=O) groups is 3. The molecule has 212 valence electrons. The summed E-state index contributed by atoms with van der Waals surface area (Å²) in [5, 5.41) is 14.4. The number of nitrogens with zero attached hydrogens (tertiary/aromatic N) is 3. The average Bonchev–Trinajstić information content (AvgIpc) is 2.91. The summed E-state index contributed by atoms with van der Waals surface area (Å²) in [6.45, 7) is 2.18. The summed E-state index contributed by atoms with van der Waals surface area (Å²) in [6, 6.07) is 13.3. The number of aliphatic carboxylic acids is 1. The van der Waals surface area contributed by atoms with Gasteiger partial charge >= 0.3 is 17.7 Å². The number of amides is 3. The lowest BCUT2D eigenvalue weighted by molar-refractivity contribution is -0.137. The van der Waals surface area contributed by atoms with Crippen LogP contribution in [0.5, 0.6) is 5.75 Å². The molecule has 0 aliphatic carbocycles. The quantitative estimate of drug-likeness (QED) is 0.313. The first-order valence-corrected chi connectivity index (χ1v) is 12.7. The molecule has 0 radical (unpaired) electrons. The highest BCUT2D eigenvalue weighted by Crippen LogP contribution is 2.29. The molecule has 3 amide bonds. The predicted molar refractivity (Wildman–Crippen MR) is 150 cm³/mol. The zero-order chi connectivity index (χ0) is 29.2. The maximum absolute atomic E-state index is 13.0. The highest BCUT2D eigenvalue weighted by Gasteiger charge is 2.17. The van der Waals surface area contributed by atoms with Gasteiger partial charge in [0, 0.05) is 50.2 Å². The van der Waals surface area contributed by atoms with Crippen molar-refractivity contribution in [3.8, 4) is 5.75 Å². The van der Waals surface area contributed by atoms with E-state index in [4.69, 9.17) is 9.84 Å². The summed E-state index contributed by atoms with van der Waals surface area (Å²) in [5.41, 5.74) is 1.48. The number of carbonyl (C=O) groups excluding carboxylic acids is 2. The normalized spacial score (nSPS) is 10.6. The molecule has 12 nitrogen and oxygen atoms in total. The first kappa shape index (κ1) is 29.7. The number of rotatable bonds is 12. The molecule has 3 rings (SSSR count). The van der Waals surface area contributed by atoms with Crippen LogP contribution in [-0.2, 0) is 29.1 Å². The van der Waals surface area contributed by atoms with Gasteiger partial charge in [0.2, 0.25) is 5.91 Å². The van der Waals surface area contributed by atoms with E-state index >= 15 is 0 Å². The molecule has 12 heteroatoms. The standard InChI is InChI=1S/C28H33N5O7/c1-19-8-4-5-10-21(19)29-27(38)30-22-11-6-9-20(26(22)40-3)18-24(35)31(2)14-7-15-33-23(34)12-16-32(28(33)39)17-13-25(36)37/h4-6,8-12,16H,7,13-15,17-18H2,1-3H3,(H,36,37)(H2,29,30,38). The van der Waals surface area contributed by atoms with E-state index in [1.807, 2.05) is 25.1 Å². The number of likely N-dealkylation sites (N-methyl/N-ethyl adjacent to an activating group) is 1. The Balaban J connectivity index is 1.61. The lowest BCUT2D eigenvalue weighted by Crippen LogP contribution is -2.40. The number of carboxylic acids is 1. The number of hydrogen-bond acceptors (Lipinski definition) is 6. The summed E-state index contributed by atoms with van der Waals surface area (Å²) in [7, 11) is 3.07. The van der Waals surface area contributed by atoms with Crippen molar-refractivity contribution in [3.05, 3.63) is 86.7 Å². The fourth-order valence-corrected chi connectivity index (χ4v) is 4.09. The highest BCUT2D eigenvalue weighted by atomic mass is 16.5. The van der Waals surface area contributed by atoms with Crippen LogP contribution in [0, 0.1) is 6.92 Å². The van der Waals surface area contributed by atoms with Gasteiger partial charge in [0.05, 0.1) is 25.6 Å². The zero-order valence-corrected chi connectivity index (χ0v) is 22.7. The minimum atomic E-state index is -1.05. The predicted octanol–water partition coefficient (Wildman–Crippen LogP) is 2.54. The SMILES string of the molecule is COc1c(CC(=O)N(C)CCCn2c(=O)ccn(CCC(=O)O)c2=O)cccc1NC(=O)Nc1ccccc1C. The van der Waals surface area contributed by atoms with Gasteiger partial charge in [-0.25, -0.2) is 9.59 Å². The second-order valence-corrected chi connectivity index (χ2v) is 9.16. The number of benzene rings is 2. The molecule has 3 N–H and O–H groups in total. The molecule has 0 fully saturated rings. The molecular formula is C28H33N5O7. The van der Waals surface area contributed by atoms with Gasteiger partial charge in [0.1, 0.15) is 5.75 Å². The Labute approximate surface area is 230 Å². The summed E-state index contributed by atoms with van der Waals surface area (Å²) < 4.78 is 7.73. The van der Waals surface area contributed by atoms with E-state index in [-0.39, 0.29) is 38.4 Å². The number of anilines is 2. The van der Waals surface area contributed by atoms with Crippen LogP contribution >= 0.6 is 0 Å². The van der Waals surface area contributed by atoms with Gasteiger partial charge in [-0.2, -0.15) is 0 Å². The first-order chi connectivity index (χ1) is 19.1. The summed E-state index contributed by atoms with van der Waals surface area (Å²) in [5.74, 6) is -0.908. The molecule has 1 heterocycles. The van der Waals surface area contributed by atoms with Crippen molar-refractivity contribution in [2.45, 2.75) is 39.3 Å². The van der Waals surface area contributed by atoms with Crippen LogP contribution in [0.2, 0.25) is 0 Å². The Morgan fingerprint density at radius 3 is 2.38 bits per heavy atom. The number of urea groups is 1. The van der Waals surface area contributed by atoms with Crippen LogP contribution in [0.4, 0.5) is 16.2 Å². The molecule has 0 unspecified atom stereocenters. The Morgan fingerprint density at radius 2 is 1.68 bits per heavy atom. The molecule has 40 heavy (non-hydrogen) atoms. The van der Waals surface area contributed by atoms with Crippen LogP contribution in [-0.4, -0.2) is 57.8 Å². The lowest BCUT2D eigenvalue weighted by atomic mass is 10.1. The molecule has 1 aromatic heterocycles. The van der Waals surface area contributed by atoms with Gasteiger partial charge in [0.15, 0.2) is 0 Å². The third-order valence-corrected chi connectivity index (χ3v) is 6.29. The molecule has 0 saturated carbocycles. The third-order valence-electron chi connectivity index (χ3n) is 6.29. The molecule has 2 aromatic carbocycles. The Morgan fingerprint density at radius 1 is 0.975 bits per heavy atom. The fourth-order valence-electron chi connectivity index (χ4n) is 4.09. The number of carboxylic acid groups (broad SMARTS) is 1. The molecule has 0 aliphatic heterocycles. The molecule has 3 aromatic rings. The van der Waals surface area contributed by atoms with Crippen molar-refractivity contribution in [1.29, 1.82) is 0 Å². The molecular weight excluding hydrogens is 518 g/mol. The molecule has 0 atom stereocenters. The number of ether oxygens (including phenoxy) is 1. The largest absolute Gasteiger partial charge is 0.494 e. The maximum Gasteiger partial charge on any atom is 0.330 e. The van der Waals surface area contributed by atoms with E-state index < -0.39 is 23.2 Å². The number of aryl methyl sites for hydroxylation is 2. The van der Waals surface area contributed by atoms with Gasteiger partial charge in [0.25, 0.3) is 5.56 Å². The number of nitrogens with one attached hydrogen (secondary N) is 2. The number of methoxy groups -OCH3 is 1. The second-order valence-electron chi connectivity index (χ2n) is 9.16. The van der Waals surface area contributed by atoms with Gasteiger partial charge in [-0.1, -0.05) is 30.3 Å². The number of aromatic nitrogens is 2. The fraction of sp³-hybridized carbons (Fsp3) is 0.321. The minimum absolute atomic E-state index is 0.00187. The highest BCUT2D eigenvalue weighted by molar-refractivity contribution is 6.01. The Hall–Kier alpha value is -4.87. The minimum Gasteiger partial charge on any atom is -0.494 e. The Bertz CT molecular complexity index is 1490. The average molecular weight is 552 g/mol. The lowest BCUT2D eigenvalue weighted by Gasteiger charge is -2.19. The number of para-hydroxylation sites is 2. The van der Waals surface area contributed by atoms with Crippen molar-refractivity contribution in [2.75, 3.05) is 31.3 Å². The van der Waals surface area contributed by atoms with Gasteiger partial charge in [-0.15, -0.1) is 0 Å². The zero-order valence-electron chi connectivity index (χ0n) is 22.7. The molecule has 0 spiro atoms. The summed E-state index contributed by atoms with van der Waals surface area (Å²) >= 11 is 0. The van der Waals surface area contributed by atoms with E-state index in [9.17, 15) is 24.0 Å². The Kier molecular flexibility index (Phi) is 10.2. The van der Waals surface area contributed by atoms with Crippen LogP contribution in [0.3, 0.4) is 0 Å². The van der Waals surface area contributed by atoms with Crippen LogP contribution < -0.4 is 26.6 Å². The van der Waals surface area contributed by atoms with Crippen LogP contribution in [0.1, 0.15) is 24.0 Å². The van der Waals surface area contributed by atoms with E-state index in [1.165, 1.54) is 28.8 Å². The van der Waals surface area contributed by atoms with Gasteiger partial charge in [-0.3, -0.25) is 23.5 Å². The van der Waals surface area contributed by atoms with E-state index in [2.05, 4.69) is 10.6 Å². The molecule has 0 bridgehead atoms. The van der Waals surface area contributed by atoms with Crippen molar-refractivity contribution in [1.82, 2.24) is 14.0 Å². The van der Waals surface area contributed by atoms with Crippen molar-refractivity contribution in [2.24, 2.45) is 0 Å². The van der Waals surface area contributed by atoms with Gasteiger partial charge in [-0.05, 0) is 31.0 Å². The third kappa shape index (κ3) is 7.82. The van der Waals surface area contributed by atoms with E-state index in [1.54, 1.807) is 31.3 Å². The van der Waals surface area contributed by atoms with E-state index in [0.29, 0.717) is 29.1 Å². The van der Waals surface area contributed by atoms with Crippen LogP contribution in [0.15, 0.2) is 64.3 Å². The second kappa shape index (κ2) is 13.8. The summed E-state index contributed by atoms with van der Waals surface area (Å²) in [6.07, 6.45) is 1.37. The van der Waals surface area contributed by atoms with Crippen molar-refractivity contribution >= 4 is 29.3 Å². The number of hydrogen-bond donors (Lipinski definition) is 3. The molecule has 0 saturated heterocycles. The van der Waals surface area contributed by atoms with Crippen LogP contribution in [0.25, 0.3) is 0 Å². The molecule has 0 aliphatic rings. The van der Waals surface area contributed by atoms with Crippen molar-refractivity contribution in [3.63, 3.8) is 0 Å². The summed E-state index contributed by atoms with van der Waals surface area (Å²) in [4.78, 5) is 62.6. The van der Waals surface area contributed by atoms with Crippen molar-refractivity contribution < 1.29 is 24.2 Å². The monoisotopic (exact) mass is 551 g/mol.